The average molecular weight is 188 g/mol. The van der Waals surface area contributed by atoms with E-state index in [1.807, 2.05) is 4.90 Å². The van der Waals surface area contributed by atoms with E-state index >= 15 is 0 Å². The van der Waals surface area contributed by atoms with Gasteiger partial charge in [-0.3, -0.25) is 10.2 Å². The SMILES string of the molecule is O[C@H]1[C@@H](O)CN2CCCNC2[C@@H]1O. The summed E-state index contributed by atoms with van der Waals surface area (Å²) in [5, 5.41) is 31.6. The summed E-state index contributed by atoms with van der Waals surface area (Å²) in [6, 6.07) is 0. The fourth-order valence-electron chi connectivity index (χ4n) is 2.10. The van der Waals surface area contributed by atoms with Crippen molar-refractivity contribution in [1.82, 2.24) is 10.2 Å². The third kappa shape index (κ3) is 1.58. The second-order valence-corrected chi connectivity index (χ2v) is 3.80. The lowest BCUT2D eigenvalue weighted by Gasteiger charge is -2.46. The minimum absolute atomic E-state index is 0.188. The highest BCUT2D eigenvalue weighted by Crippen LogP contribution is 2.19. The van der Waals surface area contributed by atoms with Gasteiger partial charge < -0.3 is 15.3 Å². The van der Waals surface area contributed by atoms with Crippen molar-refractivity contribution < 1.29 is 15.3 Å². The zero-order valence-electron chi connectivity index (χ0n) is 7.43. The summed E-state index contributed by atoms with van der Waals surface area (Å²) in [5.41, 5.74) is 0. The van der Waals surface area contributed by atoms with Gasteiger partial charge in [0.15, 0.2) is 0 Å². The second-order valence-electron chi connectivity index (χ2n) is 3.80. The number of hydrogen-bond acceptors (Lipinski definition) is 5. The predicted octanol–water partition coefficient (Wildman–Crippen LogP) is -2.30. The first-order valence-electron chi connectivity index (χ1n) is 4.72. The average Bonchev–Trinajstić information content (AvgIpc) is 2.15. The van der Waals surface area contributed by atoms with Crippen LogP contribution in [0.15, 0.2) is 0 Å². The lowest BCUT2D eigenvalue weighted by atomic mass is 9.97. The van der Waals surface area contributed by atoms with Crippen molar-refractivity contribution in [2.75, 3.05) is 19.6 Å². The van der Waals surface area contributed by atoms with Crippen molar-refractivity contribution in [3.05, 3.63) is 0 Å². The van der Waals surface area contributed by atoms with Crippen LogP contribution in [0.2, 0.25) is 0 Å². The van der Waals surface area contributed by atoms with E-state index in [1.54, 1.807) is 0 Å². The highest BCUT2D eigenvalue weighted by molar-refractivity contribution is 4.94. The van der Waals surface area contributed by atoms with E-state index in [0.29, 0.717) is 6.54 Å². The molecular weight excluding hydrogens is 172 g/mol. The molecule has 0 spiro atoms. The summed E-state index contributed by atoms with van der Waals surface area (Å²) in [7, 11) is 0. The molecule has 0 aromatic carbocycles. The maximum absolute atomic E-state index is 9.63. The summed E-state index contributed by atoms with van der Waals surface area (Å²) in [4.78, 5) is 1.98. The molecule has 2 aliphatic rings. The van der Waals surface area contributed by atoms with Crippen molar-refractivity contribution in [2.45, 2.75) is 30.9 Å². The monoisotopic (exact) mass is 188 g/mol. The van der Waals surface area contributed by atoms with Gasteiger partial charge in [0.25, 0.3) is 0 Å². The van der Waals surface area contributed by atoms with Crippen LogP contribution in [0.3, 0.4) is 0 Å². The number of fused-ring (bicyclic) bond motifs is 1. The van der Waals surface area contributed by atoms with Crippen molar-refractivity contribution in [3.8, 4) is 0 Å². The fourth-order valence-corrected chi connectivity index (χ4v) is 2.10. The van der Waals surface area contributed by atoms with E-state index in [1.165, 1.54) is 0 Å². The third-order valence-electron chi connectivity index (χ3n) is 2.86. The van der Waals surface area contributed by atoms with Gasteiger partial charge in [0.2, 0.25) is 0 Å². The Balaban J connectivity index is 2.08. The Bertz CT molecular complexity index is 188. The molecule has 0 amide bonds. The molecular formula is C8H16N2O3. The molecule has 5 heteroatoms. The van der Waals surface area contributed by atoms with Gasteiger partial charge >= 0.3 is 0 Å². The Labute approximate surface area is 77.0 Å². The smallest absolute Gasteiger partial charge is 0.111 e. The highest BCUT2D eigenvalue weighted by Gasteiger charge is 2.41. The van der Waals surface area contributed by atoms with E-state index in [9.17, 15) is 15.3 Å². The van der Waals surface area contributed by atoms with Gasteiger partial charge in [-0.2, -0.15) is 0 Å². The van der Waals surface area contributed by atoms with Crippen molar-refractivity contribution in [1.29, 1.82) is 0 Å². The molecule has 4 atom stereocenters. The van der Waals surface area contributed by atoms with E-state index in [4.69, 9.17) is 0 Å². The van der Waals surface area contributed by atoms with E-state index in [0.717, 1.165) is 19.5 Å². The van der Waals surface area contributed by atoms with Crippen LogP contribution in [0.25, 0.3) is 0 Å². The van der Waals surface area contributed by atoms with E-state index in [2.05, 4.69) is 5.32 Å². The molecule has 0 aromatic heterocycles. The molecule has 0 saturated carbocycles. The van der Waals surface area contributed by atoms with Crippen LogP contribution in [-0.2, 0) is 0 Å². The molecule has 5 nitrogen and oxygen atoms in total. The molecule has 0 radical (unpaired) electrons. The van der Waals surface area contributed by atoms with Crippen molar-refractivity contribution >= 4 is 0 Å². The molecule has 2 heterocycles. The Morgan fingerprint density at radius 3 is 2.69 bits per heavy atom. The number of piperidine rings is 1. The fraction of sp³-hybridized carbons (Fsp3) is 1.00. The first kappa shape index (κ1) is 9.36. The summed E-state index contributed by atoms with van der Waals surface area (Å²) in [6.07, 6.45) is -1.90. The summed E-state index contributed by atoms with van der Waals surface area (Å²) in [6.45, 7) is 2.18. The minimum Gasteiger partial charge on any atom is -0.389 e. The Morgan fingerprint density at radius 1 is 1.15 bits per heavy atom. The predicted molar refractivity (Wildman–Crippen MR) is 46.0 cm³/mol. The first-order chi connectivity index (χ1) is 6.20. The molecule has 0 aliphatic carbocycles. The largest absolute Gasteiger partial charge is 0.389 e. The van der Waals surface area contributed by atoms with Crippen LogP contribution in [-0.4, -0.2) is 64.3 Å². The van der Waals surface area contributed by atoms with Crippen molar-refractivity contribution in [2.24, 2.45) is 0 Å². The zero-order chi connectivity index (χ0) is 9.42. The maximum Gasteiger partial charge on any atom is 0.111 e. The van der Waals surface area contributed by atoms with Crippen LogP contribution in [0.1, 0.15) is 6.42 Å². The Hall–Kier alpha value is -0.200. The topological polar surface area (TPSA) is 76.0 Å². The van der Waals surface area contributed by atoms with Gasteiger partial charge in [-0.25, -0.2) is 0 Å². The van der Waals surface area contributed by atoms with Crippen molar-refractivity contribution in [3.63, 3.8) is 0 Å². The Morgan fingerprint density at radius 2 is 1.92 bits per heavy atom. The number of hydrogen-bond donors (Lipinski definition) is 4. The Kier molecular flexibility index (Phi) is 2.53. The molecule has 76 valence electrons. The zero-order valence-corrected chi connectivity index (χ0v) is 7.43. The van der Waals surface area contributed by atoms with Gasteiger partial charge in [0.05, 0.1) is 12.3 Å². The quantitative estimate of drug-likeness (QED) is 0.344. The standard InChI is InChI=1S/C8H16N2O3/c11-5-4-10-3-1-2-9-8(10)7(13)6(5)12/h5-9,11-13H,1-4H2/t5-,6-,7+,8?/m0/s1. The first-order valence-corrected chi connectivity index (χ1v) is 4.72. The van der Waals surface area contributed by atoms with Crippen LogP contribution in [0, 0.1) is 0 Å². The molecule has 4 N–H and O–H groups in total. The molecule has 0 aromatic rings. The van der Waals surface area contributed by atoms with Crippen LogP contribution in [0.4, 0.5) is 0 Å². The summed E-state index contributed by atoms with van der Waals surface area (Å²) >= 11 is 0. The van der Waals surface area contributed by atoms with E-state index in [-0.39, 0.29) is 6.17 Å². The molecule has 2 rings (SSSR count). The molecule has 2 saturated heterocycles. The third-order valence-corrected chi connectivity index (χ3v) is 2.86. The van der Waals surface area contributed by atoms with Gasteiger partial charge in [0, 0.05) is 13.1 Å². The highest BCUT2D eigenvalue weighted by atomic mass is 16.4. The van der Waals surface area contributed by atoms with Gasteiger partial charge in [-0.1, -0.05) is 0 Å². The normalized spacial score (nSPS) is 47.3. The summed E-state index contributed by atoms with van der Waals surface area (Å²) in [5.74, 6) is 0. The molecule has 2 aliphatic heterocycles. The number of rotatable bonds is 0. The lowest BCUT2D eigenvalue weighted by Crippen LogP contribution is -2.68. The van der Waals surface area contributed by atoms with Gasteiger partial charge in [0.1, 0.15) is 12.2 Å². The molecule has 2 fully saturated rings. The molecule has 1 unspecified atom stereocenters. The summed E-state index contributed by atoms with van der Waals surface area (Å²) < 4.78 is 0. The number of nitrogens with one attached hydrogen (secondary N) is 1. The number of aliphatic hydroxyl groups excluding tert-OH is 3. The maximum atomic E-state index is 9.63. The van der Waals surface area contributed by atoms with Crippen LogP contribution < -0.4 is 5.32 Å². The molecule has 0 bridgehead atoms. The van der Waals surface area contributed by atoms with Gasteiger partial charge in [-0.15, -0.1) is 0 Å². The lowest BCUT2D eigenvalue weighted by molar-refractivity contribution is -0.149. The number of aliphatic hydroxyl groups is 3. The molecule has 13 heavy (non-hydrogen) atoms. The van der Waals surface area contributed by atoms with Gasteiger partial charge in [-0.05, 0) is 13.0 Å². The second kappa shape index (κ2) is 3.51. The number of nitrogens with zero attached hydrogens (tertiary/aromatic N) is 1. The van der Waals surface area contributed by atoms with Crippen LogP contribution in [0.5, 0.6) is 0 Å². The van der Waals surface area contributed by atoms with Crippen LogP contribution >= 0.6 is 0 Å². The van der Waals surface area contributed by atoms with E-state index < -0.39 is 18.3 Å². The minimum atomic E-state index is -1.02.